The van der Waals surface area contributed by atoms with Crippen molar-refractivity contribution >= 4 is 28.3 Å². The maximum atomic E-state index is 6.26. The smallest absolute Gasteiger partial charge is 0.132 e. The van der Waals surface area contributed by atoms with E-state index in [0.29, 0.717) is 0 Å². The summed E-state index contributed by atoms with van der Waals surface area (Å²) >= 11 is 6.26. The highest BCUT2D eigenvalue weighted by molar-refractivity contribution is 6.21. The molecule has 1 atom stereocenters. The summed E-state index contributed by atoms with van der Waals surface area (Å²) in [7, 11) is 0. The number of para-hydroxylation sites is 1. The van der Waals surface area contributed by atoms with E-state index in [1.807, 2.05) is 6.07 Å². The fourth-order valence-electron chi connectivity index (χ4n) is 2.65. The number of piperidine rings is 1. The molecule has 1 aliphatic heterocycles. The quantitative estimate of drug-likeness (QED) is 0.726. The number of alkyl halides is 1. The van der Waals surface area contributed by atoms with Gasteiger partial charge in [-0.25, -0.2) is 4.98 Å². The fourth-order valence-corrected chi connectivity index (χ4v) is 2.97. The van der Waals surface area contributed by atoms with Gasteiger partial charge in [0.25, 0.3) is 0 Å². The molecule has 2 heterocycles. The highest BCUT2D eigenvalue weighted by atomic mass is 35.5. The largest absolute Gasteiger partial charge is 0.355 e. The fraction of sp³-hybridized carbons (Fsp3) is 0.400. The van der Waals surface area contributed by atoms with Gasteiger partial charge in [0, 0.05) is 18.5 Å². The molecule has 0 saturated carbocycles. The van der Waals surface area contributed by atoms with Crippen LogP contribution in [-0.4, -0.2) is 23.5 Å². The van der Waals surface area contributed by atoms with Crippen LogP contribution in [0.4, 0.5) is 5.82 Å². The van der Waals surface area contributed by atoms with E-state index >= 15 is 0 Å². The third-order valence-corrected chi connectivity index (χ3v) is 3.91. The molecule has 3 rings (SSSR count). The minimum absolute atomic E-state index is 0.256. The summed E-state index contributed by atoms with van der Waals surface area (Å²) in [6.07, 6.45) is 2.27. The zero-order valence-corrected chi connectivity index (χ0v) is 11.3. The number of nitrogens with zero attached hydrogens (tertiary/aromatic N) is 2. The summed E-state index contributed by atoms with van der Waals surface area (Å²) in [4.78, 5) is 7.12. The molecule has 3 heteroatoms. The Bertz CT molecular complexity index is 567. The maximum Gasteiger partial charge on any atom is 0.132 e. The first-order valence-electron chi connectivity index (χ1n) is 6.49. The van der Waals surface area contributed by atoms with E-state index in [1.165, 1.54) is 10.9 Å². The third-order valence-electron chi connectivity index (χ3n) is 3.55. The second-order valence-corrected chi connectivity index (χ2v) is 5.62. The number of anilines is 1. The molecule has 1 aromatic heterocycles. The molecule has 1 fully saturated rings. The van der Waals surface area contributed by atoms with Crippen molar-refractivity contribution in [2.24, 2.45) is 0 Å². The Hall–Kier alpha value is -1.28. The van der Waals surface area contributed by atoms with Crippen LogP contribution >= 0.6 is 11.6 Å². The van der Waals surface area contributed by atoms with Crippen LogP contribution in [0.3, 0.4) is 0 Å². The standard InChI is InChI=1S/C15H17ClN2/c1-11-9-12-5-2-3-7-14(12)17-15(11)18-8-4-6-13(16)10-18/h2-3,5,7,9,13H,4,6,8,10H2,1H3. The lowest BCUT2D eigenvalue weighted by Gasteiger charge is -2.31. The van der Waals surface area contributed by atoms with E-state index in [1.54, 1.807) is 0 Å². The van der Waals surface area contributed by atoms with E-state index in [4.69, 9.17) is 16.6 Å². The SMILES string of the molecule is Cc1cc2ccccc2nc1N1CCCC(Cl)C1. The van der Waals surface area contributed by atoms with E-state index < -0.39 is 0 Å². The molecule has 1 saturated heterocycles. The molecule has 94 valence electrons. The molecular formula is C15H17ClN2. The lowest BCUT2D eigenvalue weighted by molar-refractivity contribution is 0.579. The predicted octanol–water partition coefficient (Wildman–Crippen LogP) is 3.75. The second-order valence-electron chi connectivity index (χ2n) is 5.01. The van der Waals surface area contributed by atoms with E-state index in [9.17, 15) is 0 Å². The number of aryl methyl sites for hydroxylation is 1. The van der Waals surface area contributed by atoms with Gasteiger partial charge in [0.15, 0.2) is 0 Å². The molecule has 2 aromatic rings. The van der Waals surface area contributed by atoms with Crippen molar-refractivity contribution in [3.63, 3.8) is 0 Å². The van der Waals surface area contributed by atoms with Crippen LogP contribution in [0, 0.1) is 6.92 Å². The molecule has 0 radical (unpaired) electrons. The van der Waals surface area contributed by atoms with Crippen molar-refractivity contribution < 1.29 is 0 Å². The van der Waals surface area contributed by atoms with Crippen LogP contribution in [0.1, 0.15) is 18.4 Å². The maximum absolute atomic E-state index is 6.26. The summed E-state index contributed by atoms with van der Waals surface area (Å²) in [5.41, 5.74) is 2.30. The van der Waals surface area contributed by atoms with Crippen molar-refractivity contribution in [2.45, 2.75) is 25.1 Å². The van der Waals surface area contributed by atoms with Crippen molar-refractivity contribution in [1.82, 2.24) is 4.98 Å². The Kier molecular flexibility index (Phi) is 3.13. The van der Waals surface area contributed by atoms with Gasteiger partial charge in [-0.2, -0.15) is 0 Å². The zero-order chi connectivity index (χ0) is 12.5. The number of hydrogen-bond donors (Lipinski definition) is 0. The molecule has 0 aliphatic carbocycles. The number of aromatic nitrogens is 1. The lowest BCUT2D eigenvalue weighted by Crippen LogP contribution is -2.36. The highest BCUT2D eigenvalue weighted by Gasteiger charge is 2.20. The van der Waals surface area contributed by atoms with E-state index in [0.717, 1.165) is 37.3 Å². The molecular weight excluding hydrogens is 244 g/mol. The Morgan fingerprint density at radius 3 is 3.00 bits per heavy atom. The van der Waals surface area contributed by atoms with Crippen LogP contribution in [0.25, 0.3) is 10.9 Å². The minimum Gasteiger partial charge on any atom is -0.355 e. The first-order valence-corrected chi connectivity index (χ1v) is 6.93. The van der Waals surface area contributed by atoms with Crippen LogP contribution in [0.2, 0.25) is 0 Å². The van der Waals surface area contributed by atoms with Gasteiger partial charge >= 0.3 is 0 Å². The van der Waals surface area contributed by atoms with Crippen LogP contribution in [0.5, 0.6) is 0 Å². The van der Waals surface area contributed by atoms with Crippen LogP contribution < -0.4 is 4.90 Å². The first kappa shape index (κ1) is 11.8. The summed E-state index contributed by atoms with van der Waals surface area (Å²) < 4.78 is 0. The summed E-state index contributed by atoms with van der Waals surface area (Å²) in [6, 6.07) is 10.5. The summed E-state index contributed by atoms with van der Waals surface area (Å²) in [6.45, 7) is 4.11. The van der Waals surface area contributed by atoms with Crippen molar-refractivity contribution in [2.75, 3.05) is 18.0 Å². The van der Waals surface area contributed by atoms with Crippen molar-refractivity contribution in [1.29, 1.82) is 0 Å². The van der Waals surface area contributed by atoms with Gasteiger partial charge in [0.1, 0.15) is 5.82 Å². The van der Waals surface area contributed by atoms with E-state index in [-0.39, 0.29) is 5.38 Å². The number of fused-ring (bicyclic) bond motifs is 1. The zero-order valence-electron chi connectivity index (χ0n) is 10.6. The highest BCUT2D eigenvalue weighted by Crippen LogP contribution is 2.26. The average molecular weight is 261 g/mol. The molecule has 0 spiro atoms. The van der Waals surface area contributed by atoms with Crippen molar-refractivity contribution in [3.05, 3.63) is 35.9 Å². The summed E-state index contributed by atoms with van der Waals surface area (Å²) in [5, 5.41) is 1.46. The molecule has 1 aromatic carbocycles. The average Bonchev–Trinajstić information content (AvgIpc) is 2.38. The molecule has 0 bridgehead atoms. The Balaban J connectivity index is 2.02. The lowest BCUT2D eigenvalue weighted by atomic mass is 10.1. The van der Waals surface area contributed by atoms with Crippen molar-refractivity contribution in [3.8, 4) is 0 Å². The topological polar surface area (TPSA) is 16.1 Å². The Labute approximate surface area is 113 Å². The van der Waals surface area contributed by atoms with Gasteiger partial charge in [0.2, 0.25) is 0 Å². The van der Waals surface area contributed by atoms with Crippen LogP contribution in [0.15, 0.2) is 30.3 Å². The molecule has 0 amide bonds. The number of pyridine rings is 1. The van der Waals surface area contributed by atoms with Crippen LogP contribution in [-0.2, 0) is 0 Å². The van der Waals surface area contributed by atoms with Gasteiger partial charge in [-0.1, -0.05) is 18.2 Å². The van der Waals surface area contributed by atoms with Gasteiger partial charge < -0.3 is 4.90 Å². The summed E-state index contributed by atoms with van der Waals surface area (Å²) in [5.74, 6) is 1.10. The second kappa shape index (κ2) is 4.77. The number of halogens is 1. The molecule has 1 aliphatic rings. The molecule has 2 nitrogen and oxygen atoms in total. The molecule has 0 N–H and O–H groups in total. The Morgan fingerprint density at radius 2 is 2.17 bits per heavy atom. The predicted molar refractivity (Wildman–Crippen MR) is 77.6 cm³/mol. The minimum atomic E-state index is 0.256. The first-order chi connectivity index (χ1) is 8.74. The number of benzene rings is 1. The van der Waals surface area contributed by atoms with Gasteiger partial charge in [-0.3, -0.25) is 0 Å². The van der Waals surface area contributed by atoms with Gasteiger partial charge in [0.05, 0.1) is 10.9 Å². The number of hydrogen-bond acceptors (Lipinski definition) is 2. The Morgan fingerprint density at radius 1 is 1.33 bits per heavy atom. The molecule has 18 heavy (non-hydrogen) atoms. The normalized spacial score (nSPS) is 20.3. The molecule has 1 unspecified atom stereocenters. The number of rotatable bonds is 1. The van der Waals surface area contributed by atoms with Gasteiger partial charge in [-0.05, 0) is 37.5 Å². The monoisotopic (exact) mass is 260 g/mol. The van der Waals surface area contributed by atoms with Gasteiger partial charge in [-0.15, -0.1) is 11.6 Å². The van der Waals surface area contributed by atoms with E-state index in [2.05, 4.69) is 36.1 Å². The third kappa shape index (κ3) is 2.17.